The minimum Gasteiger partial charge on any atom is -0.478 e. The van der Waals surface area contributed by atoms with Gasteiger partial charge in [0.1, 0.15) is 11.6 Å². The zero-order chi connectivity index (χ0) is 16.3. The number of carboxylic acids is 1. The fourth-order valence-electron chi connectivity index (χ4n) is 2.33. The first kappa shape index (κ1) is 15.5. The van der Waals surface area contributed by atoms with Crippen LogP contribution in [-0.4, -0.2) is 15.6 Å². The molecule has 5 heteroatoms. The molecule has 0 radical (unpaired) electrons. The predicted octanol–water partition coefficient (Wildman–Crippen LogP) is 2.59. The second-order valence-electron chi connectivity index (χ2n) is 5.34. The van der Waals surface area contributed by atoms with Crippen LogP contribution in [0.5, 0.6) is 0 Å². The summed E-state index contributed by atoms with van der Waals surface area (Å²) in [5.74, 6) is -0.896. The van der Waals surface area contributed by atoms with Crippen LogP contribution in [-0.2, 0) is 6.54 Å². The Morgan fingerprint density at radius 3 is 2.64 bits per heavy atom. The highest BCUT2D eigenvalue weighted by atomic mass is 16.4. The lowest BCUT2D eigenvalue weighted by molar-refractivity contribution is 0.0696. The van der Waals surface area contributed by atoms with Crippen LogP contribution in [0.3, 0.4) is 0 Å². The molecule has 0 fully saturated rings. The summed E-state index contributed by atoms with van der Waals surface area (Å²) in [6.07, 6.45) is 0. The summed E-state index contributed by atoms with van der Waals surface area (Å²) in [5, 5.41) is 18.1. The Balaban J connectivity index is 2.53. The van der Waals surface area contributed by atoms with Crippen molar-refractivity contribution >= 4 is 5.97 Å². The van der Waals surface area contributed by atoms with Crippen LogP contribution in [0.4, 0.5) is 0 Å². The molecule has 2 aromatic rings. The third kappa shape index (κ3) is 3.07. The van der Waals surface area contributed by atoms with Crippen molar-refractivity contribution in [3.05, 3.63) is 69.1 Å². The summed E-state index contributed by atoms with van der Waals surface area (Å²) in [6, 6.07) is 11.6. The van der Waals surface area contributed by atoms with Crippen molar-refractivity contribution < 1.29 is 9.90 Å². The van der Waals surface area contributed by atoms with Crippen molar-refractivity contribution in [1.29, 1.82) is 5.26 Å². The zero-order valence-corrected chi connectivity index (χ0v) is 12.4. The van der Waals surface area contributed by atoms with E-state index in [9.17, 15) is 9.59 Å². The van der Waals surface area contributed by atoms with Crippen LogP contribution < -0.4 is 5.56 Å². The van der Waals surface area contributed by atoms with Gasteiger partial charge in [-0.3, -0.25) is 4.79 Å². The lowest BCUT2D eigenvalue weighted by Gasteiger charge is -2.16. The molecule has 0 saturated carbocycles. The normalized spacial score (nSPS) is 10.5. The van der Waals surface area contributed by atoms with Crippen molar-refractivity contribution in [2.75, 3.05) is 0 Å². The van der Waals surface area contributed by atoms with Gasteiger partial charge < -0.3 is 9.67 Å². The van der Waals surface area contributed by atoms with E-state index < -0.39 is 5.97 Å². The van der Waals surface area contributed by atoms with E-state index in [2.05, 4.69) is 0 Å². The van der Waals surface area contributed by atoms with Gasteiger partial charge in [0.25, 0.3) is 5.56 Å². The molecule has 5 nitrogen and oxygen atoms in total. The molecule has 1 aromatic carbocycles. The van der Waals surface area contributed by atoms with Gasteiger partial charge in [-0.15, -0.1) is 0 Å². The molecule has 1 aromatic heterocycles. The molecule has 0 aliphatic heterocycles. The van der Waals surface area contributed by atoms with Gasteiger partial charge in [0, 0.05) is 5.69 Å². The molecule has 112 valence electrons. The number of pyridine rings is 1. The van der Waals surface area contributed by atoms with Gasteiger partial charge in [0.2, 0.25) is 0 Å². The fourth-order valence-corrected chi connectivity index (χ4v) is 2.33. The molecule has 0 bridgehead atoms. The molecule has 1 N–H and O–H groups in total. The molecule has 0 aliphatic rings. The maximum atomic E-state index is 12.4. The van der Waals surface area contributed by atoms with E-state index in [0.717, 1.165) is 5.69 Å². The van der Waals surface area contributed by atoms with Gasteiger partial charge in [-0.25, -0.2) is 4.79 Å². The zero-order valence-electron chi connectivity index (χ0n) is 12.4. The molecule has 0 unspecified atom stereocenters. The highest BCUT2D eigenvalue weighted by molar-refractivity contribution is 5.87. The Morgan fingerprint density at radius 2 is 2.05 bits per heavy atom. The molecule has 0 aliphatic carbocycles. The van der Waals surface area contributed by atoms with Gasteiger partial charge in [-0.05, 0) is 35.7 Å². The van der Waals surface area contributed by atoms with Crippen LogP contribution in [0.15, 0.2) is 41.2 Å². The van der Waals surface area contributed by atoms with Gasteiger partial charge in [0.15, 0.2) is 0 Å². The Morgan fingerprint density at radius 1 is 1.32 bits per heavy atom. The van der Waals surface area contributed by atoms with Crippen LogP contribution in [0.2, 0.25) is 0 Å². The number of carboxylic acid groups (broad SMARTS) is 1. The van der Waals surface area contributed by atoms with Crippen LogP contribution >= 0.6 is 0 Å². The summed E-state index contributed by atoms with van der Waals surface area (Å²) >= 11 is 0. The third-order valence-electron chi connectivity index (χ3n) is 3.43. The average Bonchev–Trinajstić information content (AvgIpc) is 2.49. The molecule has 0 spiro atoms. The second-order valence-corrected chi connectivity index (χ2v) is 5.34. The van der Waals surface area contributed by atoms with E-state index in [1.807, 2.05) is 19.9 Å². The summed E-state index contributed by atoms with van der Waals surface area (Å²) in [6.45, 7) is 4.17. The number of carbonyl (C=O) groups is 1. The summed E-state index contributed by atoms with van der Waals surface area (Å²) in [4.78, 5) is 23.4. The third-order valence-corrected chi connectivity index (χ3v) is 3.43. The molecule has 0 amide bonds. The van der Waals surface area contributed by atoms with E-state index in [0.29, 0.717) is 5.56 Å². The first-order valence-electron chi connectivity index (χ1n) is 6.90. The largest absolute Gasteiger partial charge is 0.478 e. The molecule has 2 rings (SSSR count). The van der Waals surface area contributed by atoms with Crippen LogP contribution in [0.1, 0.15) is 46.9 Å². The minimum atomic E-state index is -1.01. The Kier molecular flexibility index (Phi) is 4.42. The number of aromatic nitrogens is 1. The van der Waals surface area contributed by atoms with E-state index in [-0.39, 0.29) is 29.1 Å². The van der Waals surface area contributed by atoms with Gasteiger partial charge in [0.05, 0.1) is 12.1 Å². The summed E-state index contributed by atoms with van der Waals surface area (Å²) in [5.41, 5.74) is 1.42. The quantitative estimate of drug-likeness (QED) is 0.940. The van der Waals surface area contributed by atoms with E-state index in [4.69, 9.17) is 10.4 Å². The topological polar surface area (TPSA) is 83.1 Å². The van der Waals surface area contributed by atoms with Crippen molar-refractivity contribution in [2.45, 2.75) is 26.3 Å². The number of rotatable bonds is 4. The monoisotopic (exact) mass is 296 g/mol. The van der Waals surface area contributed by atoms with Crippen LogP contribution in [0, 0.1) is 11.3 Å². The lowest BCUT2D eigenvalue weighted by atomic mass is 10.1. The maximum absolute atomic E-state index is 12.4. The molecule has 22 heavy (non-hydrogen) atoms. The molecular formula is C17H16N2O3. The Labute approximate surface area is 128 Å². The van der Waals surface area contributed by atoms with Gasteiger partial charge in [-0.2, -0.15) is 5.26 Å². The average molecular weight is 296 g/mol. The van der Waals surface area contributed by atoms with E-state index in [1.54, 1.807) is 18.2 Å². The Hall–Kier alpha value is -2.87. The standard InChI is InChI=1S/C17H16N2O3/c1-11(2)15-7-6-14(9-18)16(20)19(15)10-12-4-3-5-13(8-12)17(21)22/h3-8,11H,10H2,1-2H3,(H,21,22). The smallest absolute Gasteiger partial charge is 0.335 e. The first-order chi connectivity index (χ1) is 10.4. The molecule has 1 heterocycles. The second kappa shape index (κ2) is 6.27. The number of hydrogen-bond acceptors (Lipinski definition) is 3. The maximum Gasteiger partial charge on any atom is 0.335 e. The van der Waals surface area contributed by atoms with Gasteiger partial charge >= 0.3 is 5.97 Å². The fraction of sp³-hybridized carbons (Fsp3) is 0.235. The predicted molar refractivity (Wildman–Crippen MR) is 82.0 cm³/mol. The van der Waals surface area contributed by atoms with E-state index in [1.165, 1.54) is 22.8 Å². The number of aromatic carboxylic acids is 1. The van der Waals surface area contributed by atoms with Crippen molar-refractivity contribution in [3.63, 3.8) is 0 Å². The lowest BCUT2D eigenvalue weighted by Crippen LogP contribution is -2.26. The SMILES string of the molecule is CC(C)c1ccc(C#N)c(=O)n1Cc1cccc(C(=O)O)c1. The van der Waals surface area contributed by atoms with Crippen molar-refractivity contribution in [2.24, 2.45) is 0 Å². The number of benzene rings is 1. The number of hydrogen-bond donors (Lipinski definition) is 1. The Bertz CT molecular complexity index is 813. The summed E-state index contributed by atoms with van der Waals surface area (Å²) in [7, 11) is 0. The van der Waals surface area contributed by atoms with Crippen molar-refractivity contribution in [1.82, 2.24) is 4.57 Å². The van der Waals surface area contributed by atoms with E-state index >= 15 is 0 Å². The first-order valence-corrected chi connectivity index (χ1v) is 6.90. The number of nitrogens with zero attached hydrogens (tertiary/aromatic N) is 2. The van der Waals surface area contributed by atoms with Crippen LogP contribution in [0.25, 0.3) is 0 Å². The molecular weight excluding hydrogens is 280 g/mol. The summed E-state index contributed by atoms with van der Waals surface area (Å²) < 4.78 is 1.53. The highest BCUT2D eigenvalue weighted by Crippen LogP contribution is 2.15. The number of nitriles is 1. The molecule has 0 saturated heterocycles. The van der Waals surface area contributed by atoms with Crippen molar-refractivity contribution in [3.8, 4) is 6.07 Å². The molecule has 0 atom stereocenters. The van der Waals surface area contributed by atoms with Gasteiger partial charge in [-0.1, -0.05) is 26.0 Å². The highest BCUT2D eigenvalue weighted by Gasteiger charge is 2.12. The minimum absolute atomic E-state index is 0.0822.